The molecular weight excluding hydrogens is 272 g/mol. The number of hydrogen-bond donors (Lipinski definition) is 1. The quantitative estimate of drug-likeness (QED) is 0.831. The standard InChI is InChI=1S/C12H15ClN2O2S/c1-17-6-2-5-15-10(3-4-14-15)12(16)11-7-9(13)8-18-11/h3-4,7-8,12,16H,2,5-6H2,1H3. The van der Waals surface area contributed by atoms with Crippen LogP contribution < -0.4 is 0 Å². The molecule has 0 radical (unpaired) electrons. The maximum absolute atomic E-state index is 10.3. The highest BCUT2D eigenvalue weighted by Crippen LogP contribution is 2.29. The van der Waals surface area contributed by atoms with Crippen LogP contribution in [0, 0.1) is 0 Å². The molecule has 98 valence electrons. The van der Waals surface area contributed by atoms with E-state index in [2.05, 4.69) is 5.10 Å². The van der Waals surface area contributed by atoms with Crippen LogP contribution in [-0.4, -0.2) is 28.6 Å². The third-order valence-electron chi connectivity index (χ3n) is 2.61. The average molecular weight is 287 g/mol. The summed E-state index contributed by atoms with van der Waals surface area (Å²) in [5.41, 5.74) is 0.782. The number of methoxy groups -OCH3 is 1. The molecule has 0 aromatic carbocycles. The van der Waals surface area contributed by atoms with E-state index in [1.165, 1.54) is 11.3 Å². The third-order valence-corrected chi connectivity index (χ3v) is 3.94. The molecule has 0 aliphatic carbocycles. The Balaban J connectivity index is 2.10. The molecule has 0 bridgehead atoms. The van der Waals surface area contributed by atoms with E-state index >= 15 is 0 Å². The molecule has 0 fully saturated rings. The molecule has 1 N–H and O–H groups in total. The molecule has 0 amide bonds. The first kappa shape index (κ1) is 13.5. The summed E-state index contributed by atoms with van der Waals surface area (Å²) in [5.74, 6) is 0. The lowest BCUT2D eigenvalue weighted by molar-refractivity contribution is 0.183. The van der Waals surface area contributed by atoms with Crippen molar-refractivity contribution in [2.45, 2.75) is 19.1 Å². The van der Waals surface area contributed by atoms with Gasteiger partial charge in [0.1, 0.15) is 6.10 Å². The highest BCUT2D eigenvalue weighted by atomic mass is 35.5. The van der Waals surface area contributed by atoms with Gasteiger partial charge in [0.2, 0.25) is 0 Å². The second-order valence-corrected chi connectivity index (χ2v) is 5.27. The fourth-order valence-corrected chi connectivity index (χ4v) is 2.82. The second-order valence-electron chi connectivity index (χ2n) is 3.90. The van der Waals surface area contributed by atoms with Gasteiger partial charge in [-0.2, -0.15) is 5.10 Å². The number of nitrogens with zero attached hydrogens (tertiary/aromatic N) is 2. The van der Waals surface area contributed by atoms with Gasteiger partial charge in [0.25, 0.3) is 0 Å². The monoisotopic (exact) mass is 286 g/mol. The number of thiophene rings is 1. The molecule has 0 aliphatic rings. The number of ether oxygens (including phenoxy) is 1. The van der Waals surface area contributed by atoms with Crippen molar-refractivity contribution in [1.29, 1.82) is 0 Å². The minimum absolute atomic E-state index is 0.652. The Bertz CT molecular complexity index is 498. The van der Waals surface area contributed by atoms with Gasteiger partial charge in [-0.05, 0) is 18.6 Å². The van der Waals surface area contributed by atoms with Crippen molar-refractivity contribution in [2.75, 3.05) is 13.7 Å². The zero-order valence-electron chi connectivity index (χ0n) is 10.0. The van der Waals surface area contributed by atoms with E-state index in [-0.39, 0.29) is 0 Å². The maximum atomic E-state index is 10.3. The summed E-state index contributed by atoms with van der Waals surface area (Å²) in [6.07, 6.45) is 1.89. The number of aryl methyl sites for hydroxylation is 1. The minimum Gasteiger partial charge on any atom is -0.385 e. The topological polar surface area (TPSA) is 47.3 Å². The zero-order valence-corrected chi connectivity index (χ0v) is 11.6. The normalized spacial score (nSPS) is 12.8. The van der Waals surface area contributed by atoms with Crippen LogP contribution in [0.5, 0.6) is 0 Å². The molecule has 2 rings (SSSR count). The Hall–Kier alpha value is -0.880. The fourth-order valence-electron chi connectivity index (χ4n) is 1.74. The third kappa shape index (κ3) is 3.11. The first-order valence-corrected chi connectivity index (χ1v) is 6.90. The summed E-state index contributed by atoms with van der Waals surface area (Å²) in [5, 5.41) is 17.0. The Morgan fingerprint density at radius 1 is 1.61 bits per heavy atom. The number of hydrogen-bond acceptors (Lipinski definition) is 4. The molecule has 1 atom stereocenters. The minimum atomic E-state index is -0.674. The van der Waals surface area contributed by atoms with Crippen molar-refractivity contribution in [2.24, 2.45) is 0 Å². The predicted octanol–water partition coefficient (Wildman–Crippen LogP) is 2.72. The molecule has 2 heterocycles. The Morgan fingerprint density at radius 3 is 3.11 bits per heavy atom. The Labute approximate surface area is 115 Å². The van der Waals surface area contributed by atoms with Crippen molar-refractivity contribution in [3.8, 4) is 0 Å². The van der Waals surface area contributed by atoms with E-state index < -0.39 is 6.10 Å². The first-order valence-electron chi connectivity index (χ1n) is 5.65. The van der Waals surface area contributed by atoms with Gasteiger partial charge >= 0.3 is 0 Å². The van der Waals surface area contributed by atoms with Gasteiger partial charge in [0.05, 0.1) is 10.7 Å². The largest absolute Gasteiger partial charge is 0.385 e. The maximum Gasteiger partial charge on any atom is 0.130 e. The SMILES string of the molecule is COCCCn1nccc1C(O)c1cc(Cl)cs1. The Kier molecular flexibility index (Phi) is 4.77. The lowest BCUT2D eigenvalue weighted by atomic mass is 10.2. The summed E-state index contributed by atoms with van der Waals surface area (Å²) in [6, 6.07) is 3.61. The summed E-state index contributed by atoms with van der Waals surface area (Å²) < 4.78 is 6.81. The van der Waals surface area contributed by atoms with Crippen LogP contribution in [0.4, 0.5) is 0 Å². The molecule has 2 aromatic heterocycles. The molecule has 0 aliphatic heterocycles. The van der Waals surface area contributed by atoms with Crippen LogP contribution in [0.2, 0.25) is 5.02 Å². The van der Waals surface area contributed by atoms with Crippen LogP contribution in [0.1, 0.15) is 23.1 Å². The van der Waals surface area contributed by atoms with E-state index in [9.17, 15) is 5.11 Å². The van der Waals surface area contributed by atoms with Gasteiger partial charge in [-0.1, -0.05) is 11.6 Å². The van der Waals surface area contributed by atoms with Crippen molar-refractivity contribution in [1.82, 2.24) is 9.78 Å². The Morgan fingerprint density at radius 2 is 2.44 bits per heavy atom. The molecule has 0 spiro atoms. The highest BCUT2D eigenvalue weighted by Gasteiger charge is 2.17. The number of rotatable bonds is 6. The molecule has 0 saturated carbocycles. The fraction of sp³-hybridized carbons (Fsp3) is 0.417. The summed E-state index contributed by atoms with van der Waals surface area (Å²) in [6.45, 7) is 1.41. The average Bonchev–Trinajstić information content (AvgIpc) is 2.97. The van der Waals surface area contributed by atoms with Crippen molar-refractivity contribution in [3.63, 3.8) is 0 Å². The summed E-state index contributed by atoms with van der Waals surface area (Å²) >= 11 is 7.31. The number of aromatic nitrogens is 2. The number of aliphatic hydroxyl groups excluding tert-OH is 1. The molecular formula is C12H15ClN2O2S. The van der Waals surface area contributed by atoms with Gasteiger partial charge in [-0.15, -0.1) is 11.3 Å². The summed E-state index contributed by atoms with van der Waals surface area (Å²) in [7, 11) is 1.67. The smallest absolute Gasteiger partial charge is 0.130 e. The molecule has 18 heavy (non-hydrogen) atoms. The lowest BCUT2D eigenvalue weighted by Gasteiger charge is -2.11. The predicted molar refractivity (Wildman–Crippen MR) is 72.1 cm³/mol. The van der Waals surface area contributed by atoms with E-state index in [0.29, 0.717) is 11.6 Å². The molecule has 4 nitrogen and oxygen atoms in total. The summed E-state index contributed by atoms with van der Waals surface area (Å²) in [4.78, 5) is 0.827. The van der Waals surface area contributed by atoms with Crippen LogP contribution in [0.25, 0.3) is 0 Å². The van der Waals surface area contributed by atoms with Gasteiger partial charge in [0.15, 0.2) is 0 Å². The zero-order chi connectivity index (χ0) is 13.0. The van der Waals surface area contributed by atoms with Crippen molar-refractivity contribution in [3.05, 3.63) is 39.3 Å². The van der Waals surface area contributed by atoms with E-state index in [0.717, 1.165) is 23.5 Å². The van der Waals surface area contributed by atoms with Gasteiger partial charge in [0, 0.05) is 36.7 Å². The second kappa shape index (κ2) is 6.33. The molecule has 6 heteroatoms. The molecule has 2 aromatic rings. The number of halogens is 1. The van der Waals surface area contributed by atoms with Crippen LogP contribution in [-0.2, 0) is 11.3 Å². The first-order chi connectivity index (χ1) is 8.72. The molecule has 0 saturated heterocycles. The van der Waals surface area contributed by atoms with E-state index in [1.54, 1.807) is 24.1 Å². The van der Waals surface area contributed by atoms with Crippen molar-refractivity contribution >= 4 is 22.9 Å². The van der Waals surface area contributed by atoms with Crippen LogP contribution in [0.3, 0.4) is 0 Å². The number of aliphatic hydroxyl groups is 1. The van der Waals surface area contributed by atoms with Gasteiger partial charge in [-0.25, -0.2) is 0 Å². The van der Waals surface area contributed by atoms with Crippen LogP contribution >= 0.6 is 22.9 Å². The van der Waals surface area contributed by atoms with Crippen molar-refractivity contribution < 1.29 is 9.84 Å². The molecule has 1 unspecified atom stereocenters. The van der Waals surface area contributed by atoms with Gasteiger partial charge < -0.3 is 9.84 Å². The van der Waals surface area contributed by atoms with Crippen LogP contribution in [0.15, 0.2) is 23.7 Å². The van der Waals surface area contributed by atoms with E-state index in [4.69, 9.17) is 16.3 Å². The van der Waals surface area contributed by atoms with E-state index in [1.807, 2.05) is 11.4 Å². The van der Waals surface area contributed by atoms with Gasteiger partial charge in [-0.3, -0.25) is 4.68 Å². The highest BCUT2D eigenvalue weighted by molar-refractivity contribution is 7.10. The lowest BCUT2D eigenvalue weighted by Crippen LogP contribution is -2.10.